The molecule has 164 valence electrons. The van der Waals surface area contributed by atoms with Crippen LogP contribution >= 0.6 is 23.8 Å². The average Bonchev–Trinajstić information content (AvgIpc) is 2.72. The molecule has 0 aliphatic heterocycles. The number of carbonyl (C=O) groups excluding carboxylic acids is 3. The Hall–Kier alpha value is -3.17. The van der Waals surface area contributed by atoms with Crippen molar-refractivity contribution in [2.75, 3.05) is 11.9 Å². The van der Waals surface area contributed by atoms with Crippen LogP contribution in [-0.4, -0.2) is 29.4 Å². The second-order valence-corrected chi connectivity index (χ2v) is 7.43. The molecule has 4 N–H and O–H groups in total. The molecule has 31 heavy (non-hydrogen) atoms. The highest BCUT2D eigenvalue weighted by Gasteiger charge is 2.11. The second-order valence-electron chi connectivity index (χ2n) is 6.62. The Bertz CT molecular complexity index is 984. The van der Waals surface area contributed by atoms with Crippen molar-refractivity contribution in [3.63, 3.8) is 0 Å². The molecule has 2 rings (SSSR count). The number of rotatable bonds is 7. The average molecular weight is 463 g/mol. The fraction of sp³-hybridized carbons (Fsp3) is 0.238. The lowest BCUT2D eigenvalue weighted by molar-refractivity contribution is -0.125. The fourth-order valence-corrected chi connectivity index (χ4v) is 2.76. The van der Waals surface area contributed by atoms with Gasteiger partial charge >= 0.3 is 0 Å². The third-order valence-corrected chi connectivity index (χ3v) is 4.66. The van der Waals surface area contributed by atoms with Gasteiger partial charge in [0.15, 0.2) is 11.7 Å². The first kappa shape index (κ1) is 24.1. The monoisotopic (exact) mass is 462 g/mol. The Morgan fingerprint density at radius 2 is 1.68 bits per heavy atom. The third kappa shape index (κ3) is 8.61. The van der Waals surface area contributed by atoms with Gasteiger partial charge in [0.2, 0.25) is 11.8 Å². The van der Waals surface area contributed by atoms with E-state index in [9.17, 15) is 14.4 Å². The summed E-state index contributed by atoms with van der Waals surface area (Å²) < 4.78 is 5.37. The van der Waals surface area contributed by atoms with Crippen LogP contribution in [0.2, 0.25) is 5.02 Å². The molecule has 0 radical (unpaired) electrons. The van der Waals surface area contributed by atoms with Crippen LogP contribution in [0, 0.1) is 13.8 Å². The summed E-state index contributed by atoms with van der Waals surface area (Å²) in [6.45, 7) is 3.47. The van der Waals surface area contributed by atoms with Gasteiger partial charge in [-0.1, -0.05) is 29.8 Å². The standard InChI is InChI=1S/C21H23ClN4O4S/c1-13-5-3-6-15(11-13)30-12-20(29)24-21(31)26-25-19(28)10-9-18(27)23-17-8-4-7-16(22)14(17)2/h3-8,11H,9-10,12H2,1-2H3,(H,23,27)(H,25,28)(H2,24,26,29,31). The van der Waals surface area contributed by atoms with E-state index >= 15 is 0 Å². The molecule has 3 amide bonds. The number of benzene rings is 2. The van der Waals surface area contributed by atoms with Gasteiger partial charge in [0.25, 0.3) is 5.91 Å². The molecule has 0 unspecified atom stereocenters. The molecule has 0 bridgehead atoms. The van der Waals surface area contributed by atoms with Crippen LogP contribution in [0.4, 0.5) is 5.69 Å². The molecule has 10 heteroatoms. The Balaban J connectivity index is 1.64. The molecule has 2 aromatic rings. The molecule has 8 nitrogen and oxygen atoms in total. The van der Waals surface area contributed by atoms with E-state index in [0.29, 0.717) is 16.5 Å². The zero-order valence-electron chi connectivity index (χ0n) is 17.1. The molecule has 0 aliphatic carbocycles. The van der Waals surface area contributed by atoms with Gasteiger partial charge in [-0.25, -0.2) is 0 Å². The molecule has 2 aromatic carbocycles. The summed E-state index contributed by atoms with van der Waals surface area (Å²) in [4.78, 5) is 35.8. The van der Waals surface area contributed by atoms with E-state index in [1.54, 1.807) is 37.3 Å². The maximum atomic E-state index is 12.0. The lowest BCUT2D eigenvalue weighted by atomic mass is 10.2. The quantitative estimate of drug-likeness (QED) is 0.372. The SMILES string of the molecule is Cc1cccc(OCC(=O)NC(=S)NNC(=O)CCC(=O)Nc2cccc(Cl)c2C)c1. The molecule has 0 fully saturated rings. The van der Waals surface area contributed by atoms with E-state index in [2.05, 4.69) is 21.5 Å². The third-order valence-electron chi connectivity index (χ3n) is 4.05. The van der Waals surface area contributed by atoms with Gasteiger partial charge in [-0.05, 0) is 61.5 Å². The van der Waals surface area contributed by atoms with Gasteiger partial charge in [0.05, 0.1) is 0 Å². The number of nitrogens with one attached hydrogen (secondary N) is 4. The van der Waals surface area contributed by atoms with E-state index < -0.39 is 11.8 Å². The summed E-state index contributed by atoms with van der Waals surface area (Å²) in [6.07, 6.45) is -0.117. The highest BCUT2D eigenvalue weighted by molar-refractivity contribution is 7.80. The number of halogens is 1. The normalized spacial score (nSPS) is 10.0. The van der Waals surface area contributed by atoms with Crippen molar-refractivity contribution in [2.24, 2.45) is 0 Å². The molecule has 0 spiro atoms. The van der Waals surface area contributed by atoms with Crippen LogP contribution in [0.3, 0.4) is 0 Å². The van der Waals surface area contributed by atoms with Crippen molar-refractivity contribution >= 4 is 52.3 Å². The smallest absolute Gasteiger partial charge is 0.264 e. The van der Waals surface area contributed by atoms with Crippen LogP contribution in [-0.2, 0) is 14.4 Å². The van der Waals surface area contributed by atoms with Crippen molar-refractivity contribution in [3.8, 4) is 5.75 Å². The number of carbonyl (C=O) groups is 3. The molecular weight excluding hydrogens is 440 g/mol. The van der Waals surface area contributed by atoms with Crippen LogP contribution in [0.1, 0.15) is 24.0 Å². The van der Waals surface area contributed by atoms with E-state index in [1.807, 2.05) is 19.1 Å². The predicted molar refractivity (Wildman–Crippen MR) is 123 cm³/mol. The number of hydrogen-bond donors (Lipinski definition) is 4. The Kier molecular flexibility index (Phi) is 9.23. The molecule has 0 aliphatic rings. The highest BCUT2D eigenvalue weighted by Crippen LogP contribution is 2.23. The molecule has 0 saturated heterocycles. The minimum Gasteiger partial charge on any atom is -0.484 e. The van der Waals surface area contributed by atoms with Crippen molar-refractivity contribution in [1.29, 1.82) is 0 Å². The summed E-state index contributed by atoms with van der Waals surface area (Å²) in [5.41, 5.74) is 7.07. The summed E-state index contributed by atoms with van der Waals surface area (Å²) in [6, 6.07) is 12.4. The molecule has 0 aromatic heterocycles. The summed E-state index contributed by atoms with van der Waals surface area (Å²) in [5, 5.41) is 5.54. The van der Waals surface area contributed by atoms with E-state index in [1.165, 1.54) is 0 Å². The largest absolute Gasteiger partial charge is 0.484 e. The topological polar surface area (TPSA) is 109 Å². The van der Waals surface area contributed by atoms with E-state index in [4.69, 9.17) is 28.6 Å². The van der Waals surface area contributed by atoms with Crippen molar-refractivity contribution in [2.45, 2.75) is 26.7 Å². The Labute approximate surface area is 190 Å². The summed E-state index contributed by atoms with van der Waals surface area (Å²) in [7, 11) is 0. The van der Waals surface area contributed by atoms with Crippen LogP contribution < -0.4 is 26.2 Å². The molecular formula is C21H23ClN4O4S. The fourth-order valence-electron chi connectivity index (χ4n) is 2.42. The first-order valence-electron chi connectivity index (χ1n) is 9.37. The van der Waals surface area contributed by atoms with Crippen molar-refractivity contribution < 1.29 is 19.1 Å². The van der Waals surface area contributed by atoms with E-state index in [-0.39, 0.29) is 30.5 Å². The van der Waals surface area contributed by atoms with Gasteiger partial charge in [0.1, 0.15) is 5.75 Å². The first-order chi connectivity index (χ1) is 14.7. The van der Waals surface area contributed by atoms with Crippen LogP contribution in [0.5, 0.6) is 5.75 Å². The Morgan fingerprint density at radius 1 is 0.968 bits per heavy atom. The lowest BCUT2D eigenvalue weighted by Crippen LogP contribution is -2.49. The summed E-state index contributed by atoms with van der Waals surface area (Å²) in [5.74, 6) is -0.714. The van der Waals surface area contributed by atoms with Gasteiger partial charge in [0, 0.05) is 23.6 Å². The number of ether oxygens (including phenoxy) is 1. The number of anilines is 1. The zero-order valence-corrected chi connectivity index (χ0v) is 18.7. The minimum absolute atomic E-state index is 0.0388. The predicted octanol–water partition coefficient (Wildman–Crippen LogP) is 2.78. The highest BCUT2D eigenvalue weighted by atomic mass is 35.5. The first-order valence-corrected chi connectivity index (χ1v) is 10.2. The van der Waals surface area contributed by atoms with Crippen molar-refractivity contribution in [3.05, 3.63) is 58.6 Å². The molecule has 0 atom stereocenters. The van der Waals surface area contributed by atoms with E-state index in [0.717, 1.165) is 11.1 Å². The number of amides is 3. The summed E-state index contributed by atoms with van der Waals surface area (Å²) >= 11 is 11.0. The van der Waals surface area contributed by atoms with Gasteiger partial charge in [-0.2, -0.15) is 0 Å². The molecule has 0 saturated carbocycles. The number of thiocarbonyl (C=S) groups is 1. The second kappa shape index (κ2) is 11.9. The number of hydrazine groups is 1. The minimum atomic E-state index is -0.482. The lowest BCUT2D eigenvalue weighted by Gasteiger charge is -2.12. The van der Waals surface area contributed by atoms with Crippen LogP contribution in [0.15, 0.2) is 42.5 Å². The Morgan fingerprint density at radius 3 is 2.42 bits per heavy atom. The van der Waals surface area contributed by atoms with Gasteiger partial charge in [-0.3, -0.25) is 30.6 Å². The van der Waals surface area contributed by atoms with Crippen LogP contribution in [0.25, 0.3) is 0 Å². The van der Waals surface area contributed by atoms with Gasteiger partial charge in [-0.15, -0.1) is 0 Å². The maximum Gasteiger partial charge on any atom is 0.264 e. The van der Waals surface area contributed by atoms with Crippen molar-refractivity contribution in [1.82, 2.24) is 16.2 Å². The zero-order chi connectivity index (χ0) is 22.8. The molecule has 0 heterocycles. The number of hydrogen-bond acceptors (Lipinski definition) is 5. The maximum absolute atomic E-state index is 12.0. The van der Waals surface area contributed by atoms with Gasteiger partial charge < -0.3 is 10.1 Å². The number of aryl methyl sites for hydroxylation is 1.